The quantitative estimate of drug-likeness (QED) is 0.851. The molecule has 1 heterocycles. The predicted octanol–water partition coefficient (Wildman–Crippen LogP) is 2.56. The number of methoxy groups -OCH3 is 1. The number of nitrogens with one attached hydrogen (secondary N) is 1. The molecule has 0 radical (unpaired) electrons. The Kier molecular flexibility index (Phi) is 4.65. The summed E-state index contributed by atoms with van der Waals surface area (Å²) >= 11 is 5.80. The lowest BCUT2D eigenvalue weighted by molar-refractivity contribution is 0.0951. The summed E-state index contributed by atoms with van der Waals surface area (Å²) in [6, 6.07) is 7.32. The standard InChI is InChI=1S/C15H16ClN3O2/c1-9-3-4-10(12(7-9)21-2)8-19-15(20)11-5-6-18-14(16)13(11)17/h3-7H,8,17H2,1-2H3,(H,19,20). The Morgan fingerprint density at radius 3 is 2.90 bits per heavy atom. The highest BCUT2D eigenvalue weighted by molar-refractivity contribution is 6.32. The Hall–Kier alpha value is -2.27. The van der Waals surface area contributed by atoms with E-state index in [1.54, 1.807) is 7.11 Å². The van der Waals surface area contributed by atoms with Crippen LogP contribution in [0.3, 0.4) is 0 Å². The average Bonchev–Trinajstić information content (AvgIpc) is 2.48. The average molecular weight is 306 g/mol. The monoisotopic (exact) mass is 305 g/mol. The van der Waals surface area contributed by atoms with Gasteiger partial charge < -0.3 is 15.8 Å². The van der Waals surface area contributed by atoms with Crippen LogP contribution in [0.4, 0.5) is 5.69 Å². The van der Waals surface area contributed by atoms with Gasteiger partial charge in [-0.05, 0) is 24.6 Å². The zero-order valence-corrected chi connectivity index (χ0v) is 12.6. The van der Waals surface area contributed by atoms with Crippen LogP contribution in [-0.4, -0.2) is 18.0 Å². The third-order valence-electron chi connectivity index (χ3n) is 3.07. The third kappa shape index (κ3) is 3.44. The highest BCUT2D eigenvalue weighted by Crippen LogP contribution is 2.21. The number of rotatable bonds is 4. The second-order valence-electron chi connectivity index (χ2n) is 4.56. The van der Waals surface area contributed by atoms with Crippen molar-refractivity contribution in [3.05, 3.63) is 52.3 Å². The molecule has 0 spiro atoms. The van der Waals surface area contributed by atoms with E-state index >= 15 is 0 Å². The van der Waals surface area contributed by atoms with Gasteiger partial charge in [-0.1, -0.05) is 23.7 Å². The maximum absolute atomic E-state index is 12.1. The SMILES string of the molecule is COc1cc(C)ccc1CNC(=O)c1ccnc(Cl)c1N. The van der Waals surface area contributed by atoms with Crippen molar-refractivity contribution >= 4 is 23.2 Å². The fourth-order valence-electron chi connectivity index (χ4n) is 1.91. The van der Waals surface area contributed by atoms with Crippen molar-refractivity contribution in [2.24, 2.45) is 0 Å². The molecule has 0 fully saturated rings. The fourth-order valence-corrected chi connectivity index (χ4v) is 2.07. The molecule has 0 atom stereocenters. The van der Waals surface area contributed by atoms with E-state index < -0.39 is 0 Å². The van der Waals surface area contributed by atoms with Gasteiger partial charge in [0, 0.05) is 18.3 Å². The van der Waals surface area contributed by atoms with E-state index in [1.165, 1.54) is 12.3 Å². The van der Waals surface area contributed by atoms with E-state index in [0.29, 0.717) is 12.1 Å². The van der Waals surface area contributed by atoms with Crippen molar-refractivity contribution in [3.8, 4) is 5.75 Å². The molecule has 0 unspecified atom stereocenters. The van der Waals surface area contributed by atoms with Crippen molar-refractivity contribution < 1.29 is 9.53 Å². The molecule has 2 aromatic rings. The zero-order valence-electron chi connectivity index (χ0n) is 11.8. The summed E-state index contributed by atoms with van der Waals surface area (Å²) in [5.74, 6) is 0.426. The zero-order chi connectivity index (χ0) is 15.4. The minimum Gasteiger partial charge on any atom is -0.496 e. The number of aryl methyl sites for hydroxylation is 1. The number of halogens is 1. The molecule has 3 N–H and O–H groups in total. The topological polar surface area (TPSA) is 77.2 Å². The van der Waals surface area contributed by atoms with Gasteiger partial charge in [0.25, 0.3) is 5.91 Å². The lowest BCUT2D eigenvalue weighted by atomic mass is 10.1. The number of nitrogen functional groups attached to an aromatic ring is 1. The maximum atomic E-state index is 12.1. The van der Waals surface area contributed by atoms with E-state index in [4.69, 9.17) is 22.1 Å². The molecule has 110 valence electrons. The predicted molar refractivity (Wildman–Crippen MR) is 82.6 cm³/mol. The van der Waals surface area contributed by atoms with Crippen LogP contribution in [0, 0.1) is 6.92 Å². The molecular weight excluding hydrogens is 290 g/mol. The molecule has 0 aliphatic rings. The first kappa shape index (κ1) is 15.1. The number of aromatic nitrogens is 1. The molecule has 1 amide bonds. The number of nitrogens with two attached hydrogens (primary N) is 1. The largest absolute Gasteiger partial charge is 0.496 e. The summed E-state index contributed by atoms with van der Waals surface area (Å²) in [4.78, 5) is 16.0. The smallest absolute Gasteiger partial charge is 0.253 e. The number of amides is 1. The van der Waals surface area contributed by atoms with Gasteiger partial charge in [0.1, 0.15) is 5.75 Å². The van der Waals surface area contributed by atoms with Gasteiger partial charge in [-0.2, -0.15) is 0 Å². The first-order chi connectivity index (χ1) is 10.0. The van der Waals surface area contributed by atoms with Crippen LogP contribution in [0.5, 0.6) is 5.75 Å². The summed E-state index contributed by atoms with van der Waals surface area (Å²) < 4.78 is 5.30. The van der Waals surface area contributed by atoms with E-state index in [0.717, 1.165) is 16.9 Å². The Morgan fingerprint density at radius 1 is 1.43 bits per heavy atom. The lowest BCUT2D eigenvalue weighted by Crippen LogP contribution is -2.24. The van der Waals surface area contributed by atoms with Crippen molar-refractivity contribution in [3.63, 3.8) is 0 Å². The first-order valence-corrected chi connectivity index (χ1v) is 6.72. The Balaban J connectivity index is 2.13. The van der Waals surface area contributed by atoms with Gasteiger partial charge in [0.2, 0.25) is 0 Å². The molecule has 1 aromatic carbocycles. The number of benzene rings is 1. The Morgan fingerprint density at radius 2 is 2.19 bits per heavy atom. The van der Waals surface area contributed by atoms with Gasteiger partial charge in [-0.3, -0.25) is 4.79 Å². The van der Waals surface area contributed by atoms with E-state index in [1.807, 2.05) is 25.1 Å². The van der Waals surface area contributed by atoms with Crippen molar-refractivity contribution in [1.29, 1.82) is 0 Å². The first-order valence-electron chi connectivity index (χ1n) is 6.34. The van der Waals surface area contributed by atoms with E-state index in [2.05, 4.69) is 10.3 Å². The minimum absolute atomic E-state index is 0.121. The van der Waals surface area contributed by atoms with E-state index in [9.17, 15) is 4.79 Å². The van der Waals surface area contributed by atoms with Crippen LogP contribution in [0.1, 0.15) is 21.5 Å². The second-order valence-corrected chi connectivity index (χ2v) is 4.92. The van der Waals surface area contributed by atoms with Crippen LogP contribution < -0.4 is 15.8 Å². The summed E-state index contributed by atoms with van der Waals surface area (Å²) in [6.07, 6.45) is 1.44. The summed E-state index contributed by atoms with van der Waals surface area (Å²) in [6.45, 7) is 2.31. The number of ether oxygens (including phenoxy) is 1. The van der Waals surface area contributed by atoms with Gasteiger partial charge in [0.15, 0.2) is 5.15 Å². The number of hydrogen-bond acceptors (Lipinski definition) is 4. The third-order valence-corrected chi connectivity index (χ3v) is 3.37. The molecule has 21 heavy (non-hydrogen) atoms. The highest BCUT2D eigenvalue weighted by Gasteiger charge is 2.13. The minimum atomic E-state index is -0.306. The molecule has 0 saturated carbocycles. The number of nitrogens with zero attached hydrogens (tertiary/aromatic N) is 1. The van der Waals surface area contributed by atoms with Crippen molar-refractivity contribution in [2.75, 3.05) is 12.8 Å². The molecule has 1 aromatic heterocycles. The molecule has 0 aliphatic carbocycles. The van der Waals surface area contributed by atoms with Crippen LogP contribution in [0.15, 0.2) is 30.5 Å². The number of pyridine rings is 1. The highest BCUT2D eigenvalue weighted by atomic mass is 35.5. The lowest BCUT2D eigenvalue weighted by Gasteiger charge is -2.11. The Labute approximate surface area is 128 Å². The molecular formula is C15H16ClN3O2. The molecule has 2 rings (SSSR count). The van der Waals surface area contributed by atoms with Gasteiger partial charge in [-0.15, -0.1) is 0 Å². The Bertz CT molecular complexity index is 674. The molecule has 0 aliphatic heterocycles. The molecule has 6 heteroatoms. The number of hydrogen-bond donors (Lipinski definition) is 2. The second kappa shape index (κ2) is 6.45. The van der Waals surface area contributed by atoms with Crippen LogP contribution in [0.25, 0.3) is 0 Å². The normalized spacial score (nSPS) is 10.2. The van der Waals surface area contributed by atoms with E-state index in [-0.39, 0.29) is 16.7 Å². The summed E-state index contributed by atoms with van der Waals surface area (Å²) in [7, 11) is 1.60. The molecule has 0 saturated heterocycles. The van der Waals surface area contributed by atoms with Crippen LogP contribution in [0.2, 0.25) is 5.15 Å². The number of anilines is 1. The number of carbonyl (C=O) groups excluding carboxylic acids is 1. The molecule has 0 bridgehead atoms. The van der Waals surface area contributed by atoms with Crippen molar-refractivity contribution in [2.45, 2.75) is 13.5 Å². The maximum Gasteiger partial charge on any atom is 0.253 e. The molecule has 5 nitrogen and oxygen atoms in total. The number of carbonyl (C=O) groups is 1. The van der Waals surface area contributed by atoms with Gasteiger partial charge in [-0.25, -0.2) is 4.98 Å². The van der Waals surface area contributed by atoms with Gasteiger partial charge >= 0.3 is 0 Å². The summed E-state index contributed by atoms with van der Waals surface area (Å²) in [5, 5.41) is 2.91. The fraction of sp³-hybridized carbons (Fsp3) is 0.200. The van der Waals surface area contributed by atoms with Gasteiger partial charge in [0.05, 0.1) is 18.4 Å². The van der Waals surface area contributed by atoms with Crippen LogP contribution in [-0.2, 0) is 6.54 Å². The summed E-state index contributed by atoms with van der Waals surface area (Å²) in [5.41, 5.74) is 8.20. The van der Waals surface area contributed by atoms with Crippen molar-refractivity contribution in [1.82, 2.24) is 10.3 Å². The van der Waals surface area contributed by atoms with Crippen LogP contribution >= 0.6 is 11.6 Å².